The predicted molar refractivity (Wildman–Crippen MR) is 107 cm³/mol. The Morgan fingerprint density at radius 3 is 2.22 bits per heavy atom. The molecule has 2 rings (SSSR count). The van der Waals surface area contributed by atoms with Gasteiger partial charge < -0.3 is 14.9 Å². The summed E-state index contributed by atoms with van der Waals surface area (Å²) in [5, 5.41) is 12.0. The van der Waals surface area contributed by atoms with Crippen molar-refractivity contribution in [1.82, 2.24) is 5.32 Å². The van der Waals surface area contributed by atoms with Crippen molar-refractivity contribution in [2.24, 2.45) is 0 Å². The molecular formula is C22H29N2O3+. The number of carboxylic acids is 1. The number of hydrogen-bond donors (Lipinski definition) is 2. The van der Waals surface area contributed by atoms with Gasteiger partial charge in [-0.3, -0.25) is 9.59 Å². The molecule has 2 aromatic rings. The summed E-state index contributed by atoms with van der Waals surface area (Å²) in [4.78, 5) is 23.8. The van der Waals surface area contributed by atoms with Gasteiger partial charge in [-0.2, -0.15) is 0 Å². The molecule has 0 saturated heterocycles. The summed E-state index contributed by atoms with van der Waals surface area (Å²) in [6, 6.07) is 17.4. The van der Waals surface area contributed by atoms with Crippen molar-refractivity contribution in [3.8, 4) is 0 Å². The van der Waals surface area contributed by atoms with E-state index >= 15 is 0 Å². The van der Waals surface area contributed by atoms with Gasteiger partial charge in [0.25, 0.3) is 5.91 Å². The lowest BCUT2D eigenvalue weighted by atomic mass is 10.0. The number of rotatable bonds is 9. The summed E-state index contributed by atoms with van der Waals surface area (Å²) in [7, 11) is 5.93. The molecule has 5 heteroatoms. The molecule has 1 amide bonds. The highest BCUT2D eigenvalue weighted by atomic mass is 16.4. The number of amides is 1. The summed E-state index contributed by atoms with van der Waals surface area (Å²) in [5.74, 6) is -1.14. The SMILES string of the molecule is C[N+](C)(C)C[C@@H](CC(=O)O)NC(=O)c1cccc(CCc2ccccc2)c1. The second-order valence-corrected chi connectivity index (χ2v) is 7.93. The van der Waals surface area contributed by atoms with E-state index in [0.29, 0.717) is 16.6 Å². The van der Waals surface area contributed by atoms with E-state index in [0.717, 1.165) is 18.4 Å². The minimum Gasteiger partial charge on any atom is -0.481 e. The number of hydrogen-bond acceptors (Lipinski definition) is 2. The zero-order valence-corrected chi connectivity index (χ0v) is 16.3. The van der Waals surface area contributed by atoms with Gasteiger partial charge in [-0.05, 0) is 36.1 Å². The van der Waals surface area contributed by atoms with Gasteiger partial charge in [0.05, 0.1) is 40.2 Å². The fourth-order valence-corrected chi connectivity index (χ4v) is 3.10. The van der Waals surface area contributed by atoms with Crippen molar-refractivity contribution >= 4 is 11.9 Å². The molecule has 0 aliphatic rings. The first-order valence-corrected chi connectivity index (χ1v) is 9.19. The fraction of sp³-hybridized carbons (Fsp3) is 0.364. The van der Waals surface area contributed by atoms with Crippen LogP contribution in [0.2, 0.25) is 0 Å². The molecule has 0 aliphatic carbocycles. The summed E-state index contributed by atoms with van der Waals surface area (Å²) >= 11 is 0. The minimum absolute atomic E-state index is 0.0883. The topological polar surface area (TPSA) is 66.4 Å². The highest BCUT2D eigenvalue weighted by Crippen LogP contribution is 2.11. The van der Waals surface area contributed by atoms with Crippen LogP contribution in [0.5, 0.6) is 0 Å². The highest BCUT2D eigenvalue weighted by Gasteiger charge is 2.23. The van der Waals surface area contributed by atoms with Crippen molar-refractivity contribution in [2.75, 3.05) is 27.7 Å². The molecule has 0 unspecified atom stereocenters. The molecule has 0 aliphatic heterocycles. The number of aliphatic carboxylic acids is 1. The summed E-state index contributed by atoms with van der Waals surface area (Å²) in [5.41, 5.74) is 2.92. The van der Waals surface area contributed by atoms with Crippen LogP contribution in [0.25, 0.3) is 0 Å². The zero-order chi connectivity index (χ0) is 19.9. The van der Waals surface area contributed by atoms with E-state index < -0.39 is 12.0 Å². The van der Waals surface area contributed by atoms with E-state index in [-0.39, 0.29) is 12.3 Å². The lowest BCUT2D eigenvalue weighted by Gasteiger charge is -2.29. The van der Waals surface area contributed by atoms with Crippen LogP contribution in [-0.4, -0.2) is 55.2 Å². The zero-order valence-electron chi connectivity index (χ0n) is 16.3. The molecule has 0 heterocycles. The molecule has 5 nitrogen and oxygen atoms in total. The standard InChI is InChI=1S/C22H28N2O3/c1-24(2,3)16-20(15-21(25)26)23-22(27)19-11-7-10-18(14-19)13-12-17-8-5-4-6-9-17/h4-11,14,20H,12-13,15-16H2,1-3H3,(H-,23,25,26,27)/p+1/t20-/m1/s1. The monoisotopic (exact) mass is 369 g/mol. The van der Waals surface area contributed by atoms with Crippen molar-refractivity contribution in [3.63, 3.8) is 0 Å². The number of quaternary nitrogens is 1. The van der Waals surface area contributed by atoms with Crippen LogP contribution in [0.15, 0.2) is 54.6 Å². The number of nitrogens with zero attached hydrogens (tertiary/aromatic N) is 1. The van der Waals surface area contributed by atoms with Gasteiger partial charge in [0.15, 0.2) is 0 Å². The second-order valence-electron chi connectivity index (χ2n) is 7.93. The summed E-state index contributed by atoms with van der Waals surface area (Å²) in [6.07, 6.45) is 1.67. The third-order valence-electron chi connectivity index (χ3n) is 4.26. The van der Waals surface area contributed by atoms with Crippen LogP contribution in [0.1, 0.15) is 27.9 Å². The maximum absolute atomic E-state index is 12.6. The Bertz CT molecular complexity index is 767. The molecule has 1 atom stereocenters. The van der Waals surface area contributed by atoms with Crippen LogP contribution in [-0.2, 0) is 17.6 Å². The smallest absolute Gasteiger partial charge is 0.305 e. The quantitative estimate of drug-likeness (QED) is 0.668. The number of carbonyl (C=O) groups excluding carboxylic acids is 1. The maximum atomic E-state index is 12.6. The Morgan fingerprint density at radius 1 is 0.963 bits per heavy atom. The Kier molecular flexibility index (Phi) is 7.13. The van der Waals surface area contributed by atoms with Crippen LogP contribution < -0.4 is 5.32 Å². The van der Waals surface area contributed by atoms with Crippen molar-refractivity contribution < 1.29 is 19.2 Å². The first kappa shape index (κ1) is 20.6. The largest absolute Gasteiger partial charge is 0.481 e. The molecule has 0 radical (unpaired) electrons. The lowest BCUT2D eigenvalue weighted by Crippen LogP contribution is -2.49. The van der Waals surface area contributed by atoms with E-state index in [2.05, 4.69) is 17.4 Å². The van der Waals surface area contributed by atoms with Gasteiger partial charge in [0.2, 0.25) is 0 Å². The van der Waals surface area contributed by atoms with Gasteiger partial charge in [0.1, 0.15) is 0 Å². The summed E-state index contributed by atoms with van der Waals surface area (Å²) < 4.78 is 0.579. The van der Waals surface area contributed by atoms with E-state index in [1.807, 2.05) is 57.5 Å². The van der Waals surface area contributed by atoms with Gasteiger partial charge in [-0.1, -0.05) is 42.5 Å². The van der Waals surface area contributed by atoms with Gasteiger partial charge >= 0.3 is 5.97 Å². The first-order valence-electron chi connectivity index (χ1n) is 9.19. The number of carbonyl (C=O) groups is 2. The Balaban J connectivity index is 2.03. The Morgan fingerprint density at radius 2 is 1.59 bits per heavy atom. The van der Waals surface area contributed by atoms with Crippen LogP contribution in [0.4, 0.5) is 0 Å². The van der Waals surface area contributed by atoms with Gasteiger partial charge in [0, 0.05) is 5.56 Å². The molecule has 144 valence electrons. The van der Waals surface area contributed by atoms with Crippen LogP contribution in [0, 0.1) is 0 Å². The number of nitrogens with one attached hydrogen (secondary N) is 1. The van der Waals surface area contributed by atoms with Crippen LogP contribution in [0.3, 0.4) is 0 Å². The second kappa shape index (κ2) is 9.33. The van der Waals surface area contributed by atoms with Crippen molar-refractivity contribution in [1.29, 1.82) is 0 Å². The molecule has 0 spiro atoms. The number of aryl methyl sites for hydroxylation is 2. The van der Waals surface area contributed by atoms with E-state index in [1.165, 1.54) is 5.56 Å². The van der Waals surface area contributed by atoms with Crippen LogP contribution >= 0.6 is 0 Å². The van der Waals surface area contributed by atoms with E-state index in [9.17, 15) is 9.59 Å². The molecular weight excluding hydrogens is 340 g/mol. The average molecular weight is 369 g/mol. The molecule has 0 bridgehead atoms. The molecule has 0 aromatic heterocycles. The highest BCUT2D eigenvalue weighted by molar-refractivity contribution is 5.94. The number of likely N-dealkylation sites (N-methyl/N-ethyl adjacent to an activating group) is 1. The average Bonchev–Trinajstić information content (AvgIpc) is 2.59. The third kappa shape index (κ3) is 7.62. The van der Waals surface area contributed by atoms with E-state index in [1.54, 1.807) is 6.07 Å². The molecule has 27 heavy (non-hydrogen) atoms. The minimum atomic E-state index is -0.912. The van der Waals surface area contributed by atoms with Gasteiger partial charge in [-0.15, -0.1) is 0 Å². The number of carboxylic acid groups (broad SMARTS) is 1. The van der Waals surface area contributed by atoms with Crippen molar-refractivity contribution in [3.05, 3.63) is 71.3 Å². The first-order chi connectivity index (χ1) is 12.7. The predicted octanol–water partition coefficient (Wildman–Crippen LogP) is 2.75. The maximum Gasteiger partial charge on any atom is 0.305 e. The van der Waals surface area contributed by atoms with Gasteiger partial charge in [-0.25, -0.2) is 0 Å². The molecule has 2 aromatic carbocycles. The van der Waals surface area contributed by atoms with E-state index in [4.69, 9.17) is 5.11 Å². The summed E-state index contributed by atoms with van der Waals surface area (Å²) in [6.45, 7) is 0.547. The normalized spacial score (nSPS) is 12.4. The molecule has 0 fully saturated rings. The number of benzene rings is 2. The molecule has 0 saturated carbocycles. The molecule has 2 N–H and O–H groups in total. The Hall–Kier alpha value is -2.66. The fourth-order valence-electron chi connectivity index (χ4n) is 3.10. The lowest BCUT2D eigenvalue weighted by molar-refractivity contribution is -0.871. The van der Waals surface area contributed by atoms with Crippen molar-refractivity contribution in [2.45, 2.75) is 25.3 Å². The Labute approximate surface area is 161 Å². The third-order valence-corrected chi connectivity index (χ3v) is 4.26.